The van der Waals surface area contributed by atoms with Crippen molar-refractivity contribution in [2.45, 2.75) is 44.6 Å². The van der Waals surface area contributed by atoms with Gasteiger partial charge in [-0.05, 0) is 31.6 Å². The average Bonchev–Trinajstić information content (AvgIpc) is 3.09. The molecule has 1 saturated carbocycles. The molecule has 0 amide bonds. The number of anilines is 1. The zero-order valence-electron chi connectivity index (χ0n) is 9.97. The predicted molar refractivity (Wildman–Crippen MR) is 69.8 cm³/mol. The Morgan fingerprint density at radius 2 is 2.12 bits per heavy atom. The summed E-state index contributed by atoms with van der Waals surface area (Å²) in [4.78, 5) is 18.3. The Kier molecular flexibility index (Phi) is 3.14. The molecule has 92 valence electrons. The summed E-state index contributed by atoms with van der Waals surface area (Å²) in [6.45, 7) is 1.12. The minimum absolute atomic E-state index is 0.683. The van der Waals surface area contributed by atoms with Crippen LogP contribution in [0, 0.1) is 5.92 Å². The normalized spacial score (nSPS) is 25.6. The maximum absolute atomic E-state index is 10.7. The van der Waals surface area contributed by atoms with E-state index in [2.05, 4.69) is 9.88 Å². The van der Waals surface area contributed by atoms with Crippen molar-refractivity contribution in [3.05, 3.63) is 11.1 Å². The molecule has 1 aliphatic heterocycles. The number of carbonyl (C=O) groups is 1. The van der Waals surface area contributed by atoms with Gasteiger partial charge in [0.15, 0.2) is 11.4 Å². The highest BCUT2D eigenvalue weighted by atomic mass is 32.1. The number of hydrogen-bond donors (Lipinski definition) is 0. The Balaban J connectivity index is 1.78. The highest BCUT2D eigenvalue weighted by Crippen LogP contribution is 2.38. The molecule has 1 atom stereocenters. The largest absolute Gasteiger partial charge is 0.345 e. The van der Waals surface area contributed by atoms with Crippen LogP contribution >= 0.6 is 11.3 Å². The van der Waals surface area contributed by atoms with E-state index < -0.39 is 0 Å². The van der Waals surface area contributed by atoms with Crippen LogP contribution < -0.4 is 4.90 Å². The van der Waals surface area contributed by atoms with Crippen molar-refractivity contribution >= 4 is 22.8 Å². The van der Waals surface area contributed by atoms with E-state index in [1.807, 2.05) is 0 Å². The minimum atomic E-state index is 0.683. The highest BCUT2D eigenvalue weighted by Gasteiger charge is 2.34. The second-order valence-electron chi connectivity index (χ2n) is 5.11. The van der Waals surface area contributed by atoms with Gasteiger partial charge in [0.1, 0.15) is 0 Å². The number of thiazole rings is 1. The summed E-state index contributed by atoms with van der Waals surface area (Å²) in [5.41, 5.74) is 0. The van der Waals surface area contributed by atoms with E-state index in [4.69, 9.17) is 0 Å². The molecule has 2 heterocycles. The second-order valence-corrected chi connectivity index (χ2v) is 6.15. The molecule has 0 radical (unpaired) electrons. The second kappa shape index (κ2) is 4.77. The Morgan fingerprint density at radius 1 is 1.29 bits per heavy atom. The fourth-order valence-electron chi connectivity index (χ4n) is 3.33. The Morgan fingerprint density at radius 3 is 2.82 bits per heavy atom. The molecule has 0 aromatic carbocycles. The van der Waals surface area contributed by atoms with E-state index in [1.54, 1.807) is 6.20 Å². The molecule has 3 nitrogen and oxygen atoms in total. The van der Waals surface area contributed by atoms with Crippen molar-refractivity contribution in [1.82, 2.24) is 4.98 Å². The molecule has 0 spiro atoms. The van der Waals surface area contributed by atoms with E-state index >= 15 is 0 Å². The topological polar surface area (TPSA) is 33.2 Å². The molecule has 1 saturated heterocycles. The Labute approximate surface area is 106 Å². The molecule has 4 heteroatoms. The molecule has 1 unspecified atom stereocenters. The van der Waals surface area contributed by atoms with Crippen molar-refractivity contribution in [2.75, 3.05) is 11.4 Å². The van der Waals surface area contributed by atoms with Gasteiger partial charge < -0.3 is 4.90 Å². The van der Waals surface area contributed by atoms with Crippen LogP contribution in [0.1, 0.15) is 48.2 Å². The summed E-state index contributed by atoms with van der Waals surface area (Å²) in [6, 6.07) is 0.683. The van der Waals surface area contributed by atoms with Crippen LogP contribution in [0.15, 0.2) is 6.20 Å². The van der Waals surface area contributed by atoms with Crippen molar-refractivity contribution in [1.29, 1.82) is 0 Å². The molecule has 2 fully saturated rings. The summed E-state index contributed by atoms with van der Waals surface area (Å²) in [5.74, 6) is 0.862. The van der Waals surface area contributed by atoms with Crippen LogP contribution in [-0.2, 0) is 0 Å². The molecular weight excluding hydrogens is 232 g/mol. The van der Waals surface area contributed by atoms with Gasteiger partial charge in [-0.1, -0.05) is 24.2 Å². The van der Waals surface area contributed by atoms with Crippen LogP contribution in [0.2, 0.25) is 0 Å². The first-order valence-corrected chi connectivity index (χ1v) is 7.38. The third-order valence-electron chi connectivity index (χ3n) is 4.12. The van der Waals surface area contributed by atoms with E-state index in [9.17, 15) is 4.79 Å². The SMILES string of the molecule is O=Cc1cnc(N2CCCC2C2CCCC2)s1. The molecule has 0 bridgehead atoms. The average molecular weight is 250 g/mol. The maximum atomic E-state index is 10.7. The van der Waals surface area contributed by atoms with E-state index in [0.717, 1.165) is 28.8 Å². The van der Waals surface area contributed by atoms with Crippen molar-refractivity contribution in [3.63, 3.8) is 0 Å². The van der Waals surface area contributed by atoms with Gasteiger partial charge in [-0.3, -0.25) is 4.79 Å². The van der Waals surface area contributed by atoms with Gasteiger partial charge in [-0.15, -0.1) is 0 Å². The number of nitrogens with zero attached hydrogens (tertiary/aromatic N) is 2. The van der Waals surface area contributed by atoms with Crippen molar-refractivity contribution in [3.8, 4) is 0 Å². The summed E-state index contributed by atoms with van der Waals surface area (Å²) in [5, 5.41) is 1.06. The van der Waals surface area contributed by atoms with E-state index in [0.29, 0.717) is 6.04 Å². The quantitative estimate of drug-likeness (QED) is 0.773. The summed E-state index contributed by atoms with van der Waals surface area (Å²) >= 11 is 1.54. The molecule has 1 aliphatic carbocycles. The number of hydrogen-bond acceptors (Lipinski definition) is 4. The zero-order chi connectivity index (χ0) is 11.7. The lowest BCUT2D eigenvalue weighted by Crippen LogP contribution is -2.34. The van der Waals surface area contributed by atoms with Crippen molar-refractivity contribution in [2.24, 2.45) is 5.92 Å². The Bertz CT molecular complexity index is 398. The molecule has 2 aliphatic rings. The summed E-state index contributed by atoms with van der Waals surface area (Å²) in [6.07, 6.45) is 10.7. The molecule has 0 N–H and O–H groups in total. The fraction of sp³-hybridized carbons (Fsp3) is 0.692. The van der Waals surface area contributed by atoms with Crippen LogP contribution in [0.25, 0.3) is 0 Å². The Hall–Kier alpha value is -0.900. The highest BCUT2D eigenvalue weighted by molar-refractivity contribution is 7.17. The monoisotopic (exact) mass is 250 g/mol. The molecular formula is C13H18N2OS. The number of aromatic nitrogens is 1. The van der Waals surface area contributed by atoms with Gasteiger partial charge >= 0.3 is 0 Å². The first-order chi connectivity index (χ1) is 8.38. The third-order valence-corrected chi connectivity index (χ3v) is 5.08. The third kappa shape index (κ3) is 2.10. The van der Waals surface area contributed by atoms with Crippen LogP contribution in [0.5, 0.6) is 0 Å². The standard InChI is InChI=1S/C13H18N2OS/c16-9-11-8-14-13(17-11)15-7-3-6-12(15)10-4-1-2-5-10/h8-10,12H,1-7H2. The lowest BCUT2D eigenvalue weighted by molar-refractivity contribution is 0.112. The summed E-state index contributed by atoms with van der Waals surface area (Å²) < 4.78 is 0. The lowest BCUT2D eigenvalue weighted by atomic mass is 9.96. The van der Waals surface area contributed by atoms with Crippen LogP contribution in [-0.4, -0.2) is 23.9 Å². The van der Waals surface area contributed by atoms with Gasteiger partial charge in [-0.25, -0.2) is 4.98 Å². The number of aldehydes is 1. The number of rotatable bonds is 3. The lowest BCUT2D eigenvalue weighted by Gasteiger charge is -2.28. The molecule has 3 rings (SSSR count). The molecule has 1 aromatic rings. The van der Waals surface area contributed by atoms with Crippen LogP contribution in [0.4, 0.5) is 5.13 Å². The fourth-order valence-corrected chi connectivity index (χ4v) is 4.14. The van der Waals surface area contributed by atoms with E-state index in [-0.39, 0.29) is 0 Å². The predicted octanol–water partition coefficient (Wildman–Crippen LogP) is 3.11. The minimum Gasteiger partial charge on any atom is -0.345 e. The van der Waals surface area contributed by atoms with E-state index in [1.165, 1.54) is 49.9 Å². The first kappa shape index (κ1) is 11.2. The van der Waals surface area contributed by atoms with Gasteiger partial charge in [-0.2, -0.15) is 0 Å². The maximum Gasteiger partial charge on any atom is 0.186 e. The van der Waals surface area contributed by atoms with Gasteiger partial charge in [0.25, 0.3) is 0 Å². The van der Waals surface area contributed by atoms with Crippen molar-refractivity contribution < 1.29 is 4.79 Å². The van der Waals surface area contributed by atoms with Crippen LogP contribution in [0.3, 0.4) is 0 Å². The smallest absolute Gasteiger partial charge is 0.186 e. The zero-order valence-corrected chi connectivity index (χ0v) is 10.8. The summed E-state index contributed by atoms with van der Waals surface area (Å²) in [7, 11) is 0. The molecule has 1 aromatic heterocycles. The van der Waals surface area contributed by atoms with Gasteiger partial charge in [0, 0.05) is 12.6 Å². The first-order valence-electron chi connectivity index (χ1n) is 6.56. The van der Waals surface area contributed by atoms with Gasteiger partial charge in [0.05, 0.1) is 11.1 Å². The number of carbonyl (C=O) groups excluding carboxylic acids is 1. The van der Waals surface area contributed by atoms with Gasteiger partial charge in [0.2, 0.25) is 0 Å². The molecule has 17 heavy (non-hydrogen) atoms.